The van der Waals surface area contributed by atoms with Crippen LogP contribution in [0.5, 0.6) is 0 Å². The first-order valence-electron chi connectivity index (χ1n) is 10.1. The summed E-state index contributed by atoms with van der Waals surface area (Å²) in [6.45, 7) is 1.89. The summed E-state index contributed by atoms with van der Waals surface area (Å²) < 4.78 is 9.47. The molecule has 0 amide bonds. The van der Waals surface area contributed by atoms with Crippen LogP contribution in [0.1, 0.15) is 11.5 Å². The predicted molar refractivity (Wildman–Crippen MR) is 125 cm³/mol. The monoisotopic (exact) mass is 407 g/mol. The van der Waals surface area contributed by atoms with Crippen molar-refractivity contribution in [1.29, 1.82) is 0 Å². The highest BCUT2D eigenvalue weighted by Gasteiger charge is 2.15. The molecule has 0 bridgehead atoms. The molecule has 0 saturated carbocycles. The van der Waals surface area contributed by atoms with Gasteiger partial charge in [-0.2, -0.15) is 0 Å². The summed E-state index contributed by atoms with van der Waals surface area (Å²) in [5.74, 6) is 1.36. The Kier molecular flexibility index (Phi) is 4.64. The van der Waals surface area contributed by atoms with Crippen molar-refractivity contribution >= 4 is 22.7 Å². The number of furan rings is 1. The van der Waals surface area contributed by atoms with Crippen LogP contribution >= 0.6 is 0 Å². The van der Waals surface area contributed by atoms with Gasteiger partial charge in [0.25, 0.3) is 5.56 Å². The summed E-state index contributed by atoms with van der Waals surface area (Å²) >= 11 is 0. The lowest BCUT2D eigenvalue weighted by Crippen LogP contribution is -2.19. The third kappa shape index (κ3) is 3.30. The molecule has 0 radical (unpaired) electrons. The molecular formula is C26H21N3O2. The summed E-state index contributed by atoms with van der Waals surface area (Å²) in [5.41, 5.74) is 2.85. The van der Waals surface area contributed by atoms with E-state index in [-0.39, 0.29) is 5.56 Å². The van der Waals surface area contributed by atoms with Crippen molar-refractivity contribution in [1.82, 2.24) is 9.36 Å². The lowest BCUT2D eigenvalue weighted by Gasteiger charge is -2.07. The Balaban J connectivity index is 1.50. The van der Waals surface area contributed by atoms with Crippen molar-refractivity contribution in [2.24, 2.45) is 12.0 Å². The van der Waals surface area contributed by atoms with Gasteiger partial charge in [0.05, 0.1) is 17.6 Å². The second-order valence-electron chi connectivity index (χ2n) is 7.40. The van der Waals surface area contributed by atoms with E-state index in [1.165, 1.54) is 0 Å². The number of benzene rings is 3. The van der Waals surface area contributed by atoms with E-state index in [0.717, 1.165) is 33.5 Å². The van der Waals surface area contributed by atoms with Gasteiger partial charge in [-0.05, 0) is 42.0 Å². The van der Waals surface area contributed by atoms with Gasteiger partial charge in [0, 0.05) is 12.6 Å². The van der Waals surface area contributed by atoms with Crippen molar-refractivity contribution in [3.8, 4) is 17.0 Å². The zero-order valence-corrected chi connectivity index (χ0v) is 17.3. The maximum Gasteiger partial charge on any atom is 0.297 e. The van der Waals surface area contributed by atoms with Crippen LogP contribution < -0.4 is 5.56 Å². The van der Waals surface area contributed by atoms with Gasteiger partial charge < -0.3 is 4.42 Å². The minimum Gasteiger partial charge on any atom is -0.455 e. The minimum atomic E-state index is -0.164. The van der Waals surface area contributed by atoms with E-state index in [4.69, 9.17) is 4.42 Å². The average molecular weight is 407 g/mol. The van der Waals surface area contributed by atoms with Crippen LogP contribution in [0.3, 0.4) is 0 Å². The fourth-order valence-corrected chi connectivity index (χ4v) is 3.84. The van der Waals surface area contributed by atoms with E-state index in [1.54, 1.807) is 10.9 Å². The largest absolute Gasteiger partial charge is 0.455 e. The Morgan fingerprint density at radius 2 is 1.61 bits per heavy atom. The predicted octanol–water partition coefficient (Wildman–Crippen LogP) is 5.65. The van der Waals surface area contributed by atoms with Crippen LogP contribution in [0.25, 0.3) is 27.8 Å². The number of rotatable bonds is 4. The van der Waals surface area contributed by atoms with Crippen molar-refractivity contribution in [2.75, 3.05) is 0 Å². The first kappa shape index (κ1) is 18.9. The molecule has 0 atom stereocenters. The van der Waals surface area contributed by atoms with Crippen LogP contribution in [0.4, 0.5) is 5.69 Å². The average Bonchev–Trinajstić information content (AvgIpc) is 3.35. The van der Waals surface area contributed by atoms with Gasteiger partial charge in [-0.1, -0.05) is 60.7 Å². The molecule has 2 heterocycles. The summed E-state index contributed by atoms with van der Waals surface area (Å²) in [6.07, 6.45) is 1.60. The number of aromatic nitrogens is 2. The first-order chi connectivity index (χ1) is 15.1. The molecule has 0 aliphatic carbocycles. The second-order valence-corrected chi connectivity index (χ2v) is 7.40. The zero-order valence-electron chi connectivity index (χ0n) is 17.3. The van der Waals surface area contributed by atoms with Gasteiger partial charge in [0.1, 0.15) is 11.5 Å². The molecule has 31 heavy (non-hydrogen) atoms. The number of hydrogen-bond donors (Lipinski definition) is 0. The van der Waals surface area contributed by atoms with Gasteiger partial charge in [0.2, 0.25) is 0 Å². The zero-order chi connectivity index (χ0) is 21.4. The number of aliphatic imine (C=N–C) groups is 1. The van der Waals surface area contributed by atoms with Crippen LogP contribution in [0.2, 0.25) is 0 Å². The lowest BCUT2D eigenvalue weighted by atomic mass is 10.0. The molecule has 5 heteroatoms. The van der Waals surface area contributed by atoms with Crippen molar-refractivity contribution in [2.45, 2.75) is 6.92 Å². The molecule has 0 N–H and O–H groups in total. The molecule has 0 fully saturated rings. The summed E-state index contributed by atoms with van der Waals surface area (Å²) in [7, 11) is 1.86. The van der Waals surface area contributed by atoms with E-state index in [1.807, 2.05) is 85.4 Å². The third-order valence-corrected chi connectivity index (χ3v) is 5.53. The smallest absolute Gasteiger partial charge is 0.297 e. The molecule has 0 unspecified atom stereocenters. The SMILES string of the molecule is Cc1c(N=Cc2ccc(-c3cccc4ccccc34)o2)c(=O)n(-c2ccccc2)n1C. The second kappa shape index (κ2) is 7.61. The lowest BCUT2D eigenvalue weighted by molar-refractivity contribution is 0.576. The van der Waals surface area contributed by atoms with Gasteiger partial charge in [0.15, 0.2) is 5.69 Å². The highest BCUT2D eigenvalue weighted by Crippen LogP contribution is 2.29. The molecule has 0 spiro atoms. The Labute approximate surface area is 179 Å². The summed E-state index contributed by atoms with van der Waals surface area (Å²) in [4.78, 5) is 17.5. The maximum atomic E-state index is 13.0. The molecule has 5 aromatic rings. The normalized spacial score (nSPS) is 11.5. The van der Waals surface area contributed by atoms with E-state index in [2.05, 4.69) is 23.2 Å². The molecule has 5 rings (SSSR count). The van der Waals surface area contributed by atoms with Crippen LogP contribution in [-0.4, -0.2) is 15.6 Å². The van der Waals surface area contributed by atoms with Crippen molar-refractivity contribution < 1.29 is 4.42 Å². The van der Waals surface area contributed by atoms with Crippen LogP contribution in [-0.2, 0) is 7.05 Å². The van der Waals surface area contributed by atoms with Gasteiger partial charge in [-0.3, -0.25) is 9.48 Å². The molecule has 3 aromatic carbocycles. The molecular weight excluding hydrogens is 386 g/mol. The fourth-order valence-electron chi connectivity index (χ4n) is 3.84. The van der Waals surface area contributed by atoms with E-state index < -0.39 is 0 Å². The molecule has 152 valence electrons. The maximum absolute atomic E-state index is 13.0. The Hall–Kier alpha value is -4.12. The van der Waals surface area contributed by atoms with Crippen LogP contribution in [0, 0.1) is 6.92 Å². The summed E-state index contributed by atoms with van der Waals surface area (Å²) in [5, 5.41) is 2.29. The van der Waals surface area contributed by atoms with Crippen molar-refractivity contribution in [3.63, 3.8) is 0 Å². The quantitative estimate of drug-likeness (QED) is 0.362. The first-order valence-corrected chi connectivity index (χ1v) is 10.1. The Bertz CT molecular complexity index is 1460. The molecule has 2 aromatic heterocycles. The Morgan fingerprint density at radius 3 is 2.45 bits per heavy atom. The minimum absolute atomic E-state index is 0.164. The highest BCUT2D eigenvalue weighted by molar-refractivity contribution is 5.95. The number of para-hydroxylation sites is 1. The molecule has 0 aliphatic rings. The Morgan fingerprint density at radius 1 is 0.871 bits per heavy atom. The standard InChI is InChI=1S/C26H21N3O2/c1-18-25(26(30)29(28(18)2)20-11-4-3-5-12-20)27-17-21-15-16-24(31-21)23-14-8-10-19-9-6-7-13-22(19)23/h3-17H,1-2H3. The molecule has 0 aliphatic heterocycles. The number of hydrogen-bond acceptors (Lipinski definition) is 3. The third-order valence-electron chi connectivity index (χ3n) is 5.53. The van der Waals surface area contributed by atoms with Crippen molar-refractivity contribution in [3.05, 3.63) is 107 Å². The molecule has 5 nitrogen and oxygen atoms in total. The molecule has 0 saturated heterocycles. The number of fused-ring (bicyclic) bond motifs is 1. The van der Waals surface area contributed by atoms with E-state index >= 15 is 0 Å². The van der Waals surface area contributed by atoms with E-state index in [9.17, 15) is 4.79 Å². The highest BCUT2D eigenvalue weighted by atomic mass is 16.3. The van der Waals surface area contributed by atoms with Gasteiger partial charge in [-0.15, -0.1) is 0 Å². The van der Waals surface area contributed by atoms with Gasteiger partial charge >= 0.3 is 0 Å². The van der Waals surface area contributed by atoms with Crippen LogP contribution in [0.15, 0.2) is 99.1 Å². The summed E-state index contributed by atoms with van der Waals surface area (Å²) in [6, 6.07) is 27.7. The topological polar surface area (TPSA) is 52.4 Å². The number of nitrogens with zero attached hydrogens (tertiary/aromatic N) is 3. The van der Waals surface area contributed by atoms with Gasteiger partial charge in [-0.25, -0.2) is 9.67 Å². The van der Waals surface area contributed by atoms with E-state index in [0.29, 0.717) is 11.4 Å². The fraction of sp³-hybridized carbons (Fsp3) is 0.0769.